The number of hydrogen-bond acceptors (Lipinski definition) is 3. The predicted molar refractivity (Wildman–Crippen MR) is 125 cm³/mol. The van der Waals surface area contributed by atoms with Crippen molar-refractivity contribution >= 4 is 28.1 Å². The van der Waals surface area contributed by atoms with Gasteiger partial charge in [-0.1, -0.05) is 73.1 Å². The molecule has 0 radical (unpaired) electrons. The average Bonchev–Trinajstić information content (AvgIpc) is 2.73. The molecule has 0 aliphatic rings. The average molecular weight is 465 g/mol. The molecule has 0 spiro atoms. The van der Waals surface area contributed by atoms with Gasteiger partial charge < -0.3 is 4.74 Å². The fourth-order valence-electron chi connectivity index (χ4n) is 2.78. The molecule has 4 nitrogen and oxygen atoms in total. The maximum Gasteiger partial charge on any atom is 0.271 e. The van der Waals surface area contributed by atoms with E-state index in [1.54, 1.807) is 6.21 Å². The van der Waals surface area contributed by atoms with Crippen molar-refractivity contribution in [2.75, 3.05) is 0 Å². The van der Waals surface area contributed by atoms with Gasteiger partial charge in [0, 0.05) is 10.0 Å². The summed E-state index contributed by atoms with van der Waals surface area (Å²) in [5.74, 6) is 0.500. The van der Waals surface area contributed by atoms with Gasteiger partial charge in [0.2, 0.25) is 0 Å². The van der Waals surface area contributed by atoms with E-state index in [1.165, 1.54) is 5.56 Å². The van der Waals surface area contributed by atoms with Crippen molar-refractivity contribution in [2.45, 2.75) is 32.8 Å². The lowest BCUT2D eigenvalue weighted by Crippen LogP contribution is -2.18. The molecule has 0 heterocycles. The van der Waals surface area contributed by atoms with Gasteiger partial charge in [-0.05, 0) is 58.5 Å². The Morgan fingerprint density at radius 2 is 1.73 bits per heavy atom. The zero-order valence-electron chi connectivity index (χ0n) is 17.4. The first-order valence-electron chi connectivity index (χ1n) is 9.72. The topological polar surface area (TPSA) is 50.7 Å². The van der Waals surface area contributed by atoms with Crippen LogP contribution in [0.25, 0.3) is 0 Å². The van der Waals surface area contributed by atoms with E-state index in [4.69, 9.17) is 4.74 Å². The molecule has 0 atom stereocenters. The largest absolute Gasteiger partial charge is 0.489 e. The molecule has 0 saturated carbocycles. The Hall–Kier alpha value is -2.92. The van der Waals surface area contributed by atoms with Crippen molar-refractivity contribution in [3.8, 4) is 5.75 Å². The SMILES string of the molecule is CC(C)(C)c1ccc(C(=O)N/N=C\c2cccc(OCc3ccc(Br)cc3)c2)cc1. The normalized spacial score (nSPS) is 11.5. The molecule has 0 saturated heterocycles. The number of nitrogens with zero attached hydrogens (tertiary/aromatic N) is 1. The van der Waals surface area contributed by atoms with Gasteiger partial charge in [-0.3, -0.25) is 4.79 Å². The van der Waals surface area contributed by atoms with Gasteiger partial charge in [0.1, 0.15) is 12.4 Å². The fourth-order valence-corrected chi connectivity index (χ4v) is 3.05. The molecule has 3 aromatic rings. The van der Waals surface area contributed by atoms with Gasteiger partial charge in [-0.2, -0.15) is 5.10 Å². The van der Waals surface area contributed by atoms with Gasteiger partial charge in [0.15, 0.2) is 0 Å². The van der Waals surface area contributed by atoms with Crippen molar-refractivity contribution < 1.29 is 9.53 Å². The molecular formula is C25H25BrN2O2. The van der Waals surface area contributed by atoms with Gasteiger partial charge in [-0.15, -0.1) is 0 Å². The number of ether oxygens (including phenoxy) is 1. The number of rotatable bonds is 6. The van der Waals surface area contributed by atoms with Crippen molar-refractivity contribution in [3.05, 3.63) is 99.5 Å². The highest BCUT2D eigenvalue weighted by molar-refractivity contribution is 9.10. The third-order valence-electron chi connectivity index (χ3n) is 4.57. The maximum absolute atomic E-state index is 12.3. The van der Waals surface area contributed by atoms with Crippen LogP contribution in [0.1, 0.15) is 47.8 Å². The highest BCUT2D eigenvalue weighted by Crippen LogP contribution is 2.22. The van der Waals surface area contributed by atoms with E-state index in [0.717, 1.165) is 21.3 Å². The second-order valence-corrected chi connectivity index (χ2v) is 8.93. The Morgan fingerprint density at radius 1 is 1.03 bits per heavy atom. The highest BCUT2D eigenvalue weighted by atomic mass is 79.9. The Bertz CT molecular complexity index is 1020. The third kappa shape index (κ3) is 6.29. The highest BCUT2D eigenvalue weighted by Gasteiger charge is 2.14. The standard InChI is InChI=1S/C25H25BrN2O2/c1-25(2,3)21-11-9-20(10-12-21)24(29)28-27-16-19-5-4-6-23(15-19)30-17-18-7-13-22(26)14-8-18/h4-16H,17H2,1-3H3,(H,28,29)/b27-16-. The number of halogens is 1. The minimum absolute atomic E-state index is 0.0532. The van der Waals surface area contributed by atoms with Crippen LogP contribution in [0.3, 0.4) is 0 Å². The van der Waals surface area contributed by atoms with E-state index < -0.39 is 0 Å². The molecule has 3 aromatic carbocycles. The predicted octanol–water partition coefficient (Wildman–Crippen LogP) is 6.09. The molecule has 0 bridgehead atoms. The van der Waals surface area contributed by atoms with Crippen molar-refractivity contribution in [1.82, 2.24) is 5.43 Å². The molecule has 5 heteroatoms. The monoisotopic (exact) mass is 464 g/mol. The molecule has 154 valence electrons. The van der Waals surface area contributed by atoms with Gasteiger partial charge in [0.05, 0.1) is 6.21 Å². The third-order valence-corrected chi connectivity index (χ3v) is 5.10. The van der Waals surface area contributed by atoms with Crippen LogP contribution in [0.2, 0.25) is 0 Å². The van der Waals surface area contributed by atoms with Crippen LogP contribution in [0.15, 0.2) is 82.4 Å². The lowest BCUT2D eigenvalue weighted by Gasteiger charge is -2.18. The molecule has 1 amide bonds. The van der Waals surface area contributed by atoms with Crippen molar-refractivity contribution in [3.63, 3.8) is 0 Å². The van der Waals surface area contributed by atoms with Crippen LogP contribution >= 0.6 is 15.9 Å². The number of benzene rings is 3. The minimum atomic E-state index is -0.241. The van der Waals surface area contributed by atoms with Crippen LogP contribution in [0.4, 0.5) is 0 Å². The lowest BCUT2D eigenvalue weighted by atomic mass is 9.87. The summed E-state index contributed by atoms with van der Waals surface area (Å²) < 4.78 is 6.88. The van der Waals surface area contributed by atoms with Crippen molar-refractivity contribution in [1.29, 1.82) is 0 Å². The quantitative estimate of drug-likeness (QED) is 0.354. The molecule has 0 unspecified atom stereocenters. The van der Waals surface area contributed by atoms with E-state index in [1.807, 2.05) is 72.8 Å². The Labute approximate surface area is 186 Å². The van der Waals surface area contributed by atoms with Gasteiger partial charge in [-0.25, -0.2) is 5.43 Å². The number of carbonyl (C=O) groups is 1. The smallest absolute Gasteiger partial charge is 0.271 e. The zero-order valence-corrected chi connectivity index (χ0v) is 18.9. The van der Waals surface area contributed by atoms with Gasteiger partial charge in [0.25, 0.3) is 5.91 Å². The molecule has 0 aromatic heterocycles. The van der Waals surface area contributed by atoms with E-state index in [9.17, 15) is 4.79 Å². The summed E-state index contributed by atoms with van der Waals surface area (Å²) in [6.45, 7) is 6.91. The second kappa shape index (κ2) is 9.72. The van der Waals surface area contributed by atoms with E-state index >= 15 is 0 Å². The Balaban J connectivity index is 1.56. The lowest BCUT2D eigenvalue weighted by molar-refractivity contribution is 0.0955. The number of hydrogen-bond donors (Lipinski definition) is 1. The molecule has 1 N–H and O–H groups in total. The van der Waals surface area contributed by atoms with E-state index in [-0.39, 0.29) is 11.3 Å². The summed E-state index contributed by atoms with van der Waals surface area (Å²) in [5.41, 5.74) is 6.31. The first-order valence-corrected chi connectivity index (χ1v) is 10.5. The molecule has 30 heavy (non-hydrogen) atoms. The number of hydrazone groups is 1. The zero-order chi connectivity index (χ0) is 21.6. The summed E-state index contributed by atoms with van der Waals surface area (Å²) in [5, 5.41) is 4.07. The molecule has 0 fully saturated rings. The first kappa shape index (κ1) is 21.8. The van der Waals surface area contributed by atoms with Crippen LogP contribution in [-0.4, -0.2) is 12.1 Å². The summed E-state index contributed by atoms with van der Waals surface area (Å²) in [4.78, 5) is 12.3. The summed E-state index contributed by atoms with van der Waals surface area (Å²) in [6, 6.07) is 23.2. The molecule has 0 aliphatic heterocycles. The number of amides is 1. The molecular weight excluding hydrogens is 440 g/mol. The van der Waals surface area contributed by atoms with Crippen LogP contribution in [-0.2, 0) is 12.0 Å². The molecule has 0 aliphatic carbocycles. The van der Waals surface area contributed by atoms with E-state index in [2.05, 4.69) is 47.2 Å². The summed E-state index contributed by atoms with van der Waals surface area (Å²) in [6.07, 6.45) is 1.61. The summed E-state index contributed by atoms with van der Waals surface area (Å²) in [7, 11) is 0. The summed E-state index contributed by atoms with van der Waals surface area (Å²) >= 11 is 3.43. The Morgan fingerprint density at radius 3 is 2.40 bits per heavy atom. The maximum atomic E-state index is 12.3. The van der Waals surface area contributed by atoms with E-state index in [0.29, 0.717) is 12.2 Å². The van der Waals surface area contributed by atoms with Crippen LogP contribution in [0, 0.1) is 0 Å². The first-order chi connectivity index (χ1) is 14.3. The Kier molecular flexibility index (Phi) is 7.06. The van der Waals surface area contributed by atoms with Crippen LogP contribution in [0.5, 0.6) is 5.75 Å². The second-order valence-electron chi connectivity index (χ2n) is 8.01. The van der Waals surface area contributed by atoms with Crippen LogP contribution < -0.4 is 10.2 Å². The minimum Gasteiger partial charge on any atom is -0.489 e. The molecule has 3 rings (SSSR count). The van der Waals surface area contributed by atoms with Crippen molar-refractivity contribution in [2.24, 2.45) is 5.10 Å². The van der Waals surface area contributed by atoms with Gasteiger partial charge >= 0.3 is 0 Å². The number of carbonyl (C=O) groups excluding carboxylic acids is 1. The number of nitrogens with one attached hydrogen (secondary N) is 1. The fraction of sp³-hybridized carbons (Fsp3) is 0.200.